The maximum Gasteiger partial charge on any atom is 0.118 e. The molecule has 1 unspecified atom stereocenters. The first kappa shape index (κ1) is 13.2. The molecule has 0 radical (unpaired) electrons. The van der Waals surface area contributed by atoms with Gasteiger partial charge in [-0.25, -0.2) is 0 Å². The standard InChI is InChI=1S/C16H24NO/c1-13-9-10-17(3,11-14(13)2)12-15-5-7-16(18-4)8-6-15/h5-8H,9-12H2,1-4H3/q+1. The summed E-state index contributed by atoms with van der Waals surface area (Å²) in [5, 5.41) is 0. The Hall–Kier alpha value is -1.28. The molecule has 0 amide bonds. The van der Waals surface area contributed by atoms with Crippen LogP contribution in [0.15, 0.2) is 35.4 Å². The highest BCUT2D eigenvalue weighted by Gasteiger charge is 2.27. The molecule has 0 saturated heterocycles. The van der Waals surface area contributed by atoms with Crippen LogP contribution in [0.1, 0.15) is 25.8 Å². The van der Waals surface area contributed by atoms with Gasteiger partial charge in [0, 0.05) is 12.0 Å². The third-order valence-electron chi connectivity index (χ3n) is 4.10. The van der Waals surface area contributed by atoms with E-state index in [-0.39, 0.29) is 0 Å². The van der Waals surface area contributed by atoms with E-state index < -0.39 is 0 Å². The molecule has 1 heterocycles. The molecule has 2 nitrogen and oxygen atoms in total. The fraction of sp³-hybridized carbons (Fsp3) is 0.500. The number of quaternary nitrogens is 1. The normalized spacial score (nSPS) is 24.2. The van der Waals surface area contributed by atoms with Crippen molar-refractivity contribution in [2.75, 3.05) is 27.2 Å². The van der Waals surface area contributed by atoms with Gasteiger partial charge in [0.25, 0.3) is 0 Å². The van der Waals surface area contributed by atoms with Crippen LogP contribution in [0.4, 0.5) is 0 Å². The van der Waals surface area contributed by atoms with Crippen LogP contribution in [0.5, 0.6) is 5.75 Å². The van der Waals surface area contributed by atoms with Gasteiger partial charge in [0.1, 0.15) is 18.8 Å². The Bertz CT molecular complexity index is 447. The second-order valence-electron chi connectivity index (χ2n) is 5.82. The first-order chi connectivity index (χ1) is 8.52. The van der Waals surface area contributed by atoms with Crippen molar-refractivity contribution in [1.29, 1.82) is 0 Å². The number of benzene rings is 1. The predicted octanol–water partition coefficient (Wildman–Crippen LogP) is 3.38. The maximum absolute atomic E-state index is 5.20. The van der Waals surface area contributed by atoms with Crippen LogP contribution in [0, 0.1) is 0 Å². The summed E-state index contributed by atoms with van der Waals surface area (Å²) in [6.45, 7) is 8.08. The zero-order valence-electron chi connectivity index (χ0n) is 12.0. The second-order valence-corrected chi connectivity index (χ2v) is 5.82. The third kappa shape index (κ3) is 2.94. The zero-order chi connectivity index (χ0) is 13.2. The topological polar surface area (TPSA) is 9.23 Å². The monoisotopic (exact) mass is 246 g/mol. The first-order valence-corrected chi connectivity index (χ1v) is 6.64. The number of likely N-dealkylation sites (N-methyl/N-ethyl adjacent to an activating group) is 1. The number of rotatable bonds is 3. The fourth-order valence-corrected chi connectivity index (χ4v) is 2.74. The summed E-state index contributed by atoms with van der Waals surface area (Å²) < 4.78 is 6.32. The van der Waals surface area contributed by atoms with E-state index in [1.807, 2.05) is 0 Å². The molecule has 18 heavy (non-hydrogen) atoms. The van der Waals surface area contributed by atoms with Gasteiger partial charge < -0.3 is 9.22 Å². The Morgan fingerprint density at radius 3 is 2.33 bits per heavy atom. The van der Waals surface area contributed by atoms with Gasteiger partial charge in [0.05, 0.1) is 20.7 Å². The van der Waals surface area contributed by atoms with Crippen molar-refractivity contribution in [3.63, 3.8) is 0 Å². The maximum atomic E-state index is 5.20. The van der Waals surface area contributed by atoms with Gasteiger partial charge in [-0.2, -0.15) is 0 Å². The van der Waals surface area contributed by atoms with Gasteiger partial charge in [-0.05, 0) is 43.7 Å². The Kier molecular flexibility index (Phi) is 3.76. The lowest BCUT2D eigenvalue weighted by Gasteiger charge is -2.38. The predicted molar refractivity (Wildman–Crippen MR) is 75.6 cm³/mol. The fourth-order valence-electron chi connectivity index (χ4n) is 2.74. The lowest BCUT2D eigenvalue weighted by molar-refractivity contribution is -0.919. The number of hydrogen-bond acceptors (Lipinski definition) is 1. The summed E-state index contributed by atoms with van der Waals surface area (Å²) in [6.07, 6.45) is 1.23. The largest absolute Gasteiger partial charge is 0.497 e. The van der Waals surface area contributed by atoms with Crippen LogP contribution in [0.2, 0.25) is 0 Å². The number of ether oxygens (including phenoxy) is 1. The molecule has 0 aliphatic carbocycles. The molecule has 1 aromatic carbocycles. The van der Waals surface area contributed by atoms with Crippen molar-refractivity contribution >= 4 is 0 Å². The molecule has 0 N–H and O–H groups in total. The van der Waals surface area contributed by atoms with Crippen molar-refractivity contribution in [1.82, 2.24) is 0 Å². The van der Waals surface area contributed by atoms with E-state index in [9.17, 15) is 0 Å². The highest BCUT2D eigenvalue weighted by atomic mass is 16.5. The molecule has 1 aliphatic heterocycles. The number of nitrogens with zero attached hydrogens (tertiary/aromatic N) is 1. The summed E-state index contributed by atoms with van der Waals surface area (Å²) in [5.41, 5.74) is 4.54. The summed E-state index contributed by atoms with van der Waals surface area (Å²) >= 11 is 0. The van der Waals surface area contributed by atoms with Crippen LogP contribution in [-0.4, -0.2) is 31.7 Å². The van der Waals surface area contributed by atoms with E-state index in [1.54, 1.807) is 18.3 Å². The minimum atomic E-state index is 0.937. The van der Waals surface area contributed by atoms with Gasteiger partial charge in [-0.3, -0.25) is 0 Å². The minimum Gasteiger partial charge on any atom is -0.497 e. The molecule has 2 heteroatoms. The van der Waals surface area contributed by atoms with Crippen LogP contribution < -0.4 is 4.74 Å². The Balaban J connectivity index is 2.08. The molecule has 1 aliphatic rings. The first-order valence-electron chi connectivity index (χ1n) is 6.64. The summed E-state index contributed by atoms with van der Waals surface area (Å²) in [7, 11) is 4.07. The van der Waals surface area contributed by atoms with Crippen LogP contribution >= 0.6 is 0 Å². The number of methoxy groups -OCH3 is 1. The molecule has 0 fully saturated rings. The van der Waals surface area contributed by atoms with Crippen molar-refractivity contribution in [3.05, 3.63) is 41.0 Å². The summed E-state index contributed by atoms with van der Waals surface area (Å²) in [4.78, 5) is 0. The van der Waals surface area contributed by atoms with E-state index in [0.717, 1.165) is 16.8 Å². The van der Waals surface area contributed by atoms with Crippen molar-refractivity contribution in [2.45, 2.75) is 26.8 Å². The Morgan fingerprint density at radius 1 is 1.11 bits per heavy atom. The van der Waals surface area contributed by atoms with Gasteiger partial charge in [0.2, 0.25) is 0 Å². The van der Waals surface area contributed by atoms with Gasteiger partial charge in [0.15, 0.2) is 0 Å². The molecule has 2 rings (SSSR count). The molecule has 0 saturated carbocycles. The van der Waals surface area contributed by atoms with Gasteiger partial charge in [-0.15, -0.1) is 0 Å². The molecule has 98 valence electrons. The highest BCUT2D eigenvalue weighted by molar-refractivity contribution is 5.26. The summed E-state index contributed by atoms with van der Waals surface area (Å²) in [5.74, 6) is 0.937. The van der Waals surface area contributed by atoms with E-state index in [0.29, 0.717) is 0 Å². The highest BCUT2D eigenvalue weighted by Crippen LogP contribution is 2.25. The molecular weight excluding hydrogens is 222 g/mol. The molecule has 0 bridgehead atoms. The van der Waals surface area contributed by atoms with Gasteiger partial charge in [-0.1, -0.05) is 5.57 Å². The van der Waals surface area contributed by atoms with Crippen molar-refractivity contribution in [2.24, 2.45) is 0 Å². The van der Waals surface area contributed by atoms with Crippen molar-refractivity contribution < 1.29 is 9.22 Å². The lowest BCUT2D eigenvalue weighted by Crippen LogP contribution is -2.47. The smallest absolute Gasteiger partial charge is 0.118 e. The second kappa shape index (κ2) is 5.15. The Labute approximate surface area is 110 Å². The third-order valence-corrected chi connectivity index (χ3v) is 4.10. The van der Waals surface area contributed by atoms with E-state index in [1.165, 1.54) is 25.1 Å². The van der Waals surface area contributed by atoms with Crippen LogP contribution in [0.3, 0.4) is 0 Å². The van der Waals surface area contributed by atoms with Crippen LogP contribution in [-0.2, 0) is 6.54 Å². The molecular formula is C16H24NO+. The van der Waals surface area contributed by atoms with E-state index in [4.69, 9.17) is 4.74 Å². The average Bonchev–Trinajstić information content (AvgIpc) is 2.35. The van der Waals surface area contributed by atoms with Crippen LogP contribution in [0.25, 0.3) is 0 Å². The molecule has 0 aromatic heterocycles. The SMILES string of the molecule is COc1ccc(C[N+]2(C)CCC(C)=C(C)C2)cc1. The molecule has 1 aromatic rings. The summed E-state index contributed by atoms with van der Waals surface area (Å²) in [6, 6.07) is 8.48. The van der Waals surface area contributed by atoms with E-state index >= 15 is 0 Å². The number of hydrogen-bond donors (Lipinski definition) is 0. The van der Waals surface area contributed by atoms with Gasteiger partial charge >= 0.3 is 0 Å². The quantitative estimate of drug-likeness (QED) is 0.587. The molecule has 1 atom stereocenters. The Morgan fingerprint density at radius 2 is 1.78 bits per heavy atom. The van der Waals surface area contributed by atoms with Crippen molar-refractivity contribution in [3.8, 4) is 5.75 Å². The lowest BCUT2D eigenvalue weighted by atomic mass is 10.00. The average molecular weight is 246 g/mol. The minimum absolute atomic E-state index is 0.937. The zero-order valence-corrected chi connectivity index (χ0v) is 12.0. The molecule has 0 spiro atoms. The van der Waals surface area contributed by atoms with E-state index in [2.05, 4.69) is 45.2 Å².